The highest BCUT2D eigenvalue weighted by Crippen LogP contribution is 2.42. The molecule has 2 unspecified atom stereocenters. The molecule has 1 N–H and O–H groups in total. The highest BCUT2D eigenvalue weighted by atomic mass is 31.2. The first-order valence-electron chi connectivity index (χ1n) is 5.00. The molecule has 2 atom stereocenters. The highest BCUT2D eigenvalue weighted by Gasteiger charge is 2.17. The van der Waals surface area contributed by atoms with Crippen molar-refractivity contribution in [1.82, 2.24) is 5.32 Å². The van der Waals surface area contributed by atoms with Crippen molar-refractivity contribution in [3.63, 3.8) is 0 Å². The first kappa shape index (κ1) is 14.4. The molecule has 86 valence electrons. The van der Waals surface area contributed by atoms with E-state index in [-0.39, 0.29) is 6.04 Å². The third-order valence-electron chi connectivity index (χ3n) is 1.89. The molecule has 0 radical (unpaired) electrons. The van der Waals surface area contributed by atoms with Crippen LogP contribution in [0.3, 0.4) is 0 Å². The van der Waals surface area contributed by atoms with Gasteiger partial charge in [-0.15, -0.1) is 6.58 Å². The monoisotopic (exact) mass is 230 g/mol. The maximum absolute atomic E-state index is 11.7. The van der Waals surface area contributed by atoms with E-state index in [1.807, 2.05) is 6.92 Å². The molecular weight excluding hydrogens is 211 g/mol. The van der Waals surface area contributed by atoms with Crippen molar-refractivity contribution in [3.8, 4) is 6.07 Å². The van der Waals surface area contributed by atoms with Crippen molar-refractivity contribution in [2.24, 2.45) is 0 Å². The predicted molar refractivity (Wildman–Crippen MR) is 62.2 cm³/mol. The smallest absolute Gasteiger partial charge is 0.200 e. The van der Waals surface area contributed by atoms with Gasteiger partial charge in [-0.05, 0) is 13.3 Å². The molecule has 0 spiro atoms. The topological polar surface area (TPSA) is 62.1 Å². The highest BCUT2D eigenvalue weighted by molar-refractivity contribution is 7.58. The van der Waals surface area contributed by atoms with Crippen LogP contribution >= 0.6 is 7.37 Å². The van der Waals surface area contributed by atoms with Gasteiger partial charge in [-0.2, -0.15) is 5.26 Å². The fourth-order valence-corrected chi connectivity index (χ4v) is 2.54. The molecule has 0 fully saturated rings. The fraction of sp³-hybridized carbons (Fsp3) is 0.700. The number of nitrogens with zero attached hydrogens (tertiary/aromatic N) is 1. The lowest BCUT2D eigenvalue weighted by Gasteiger charge is -2.15. The van der Waals surface area contributed by atoms with Crippen LogP contribution in [0.25, 0.3) is 0 Å². The molecule has 0 aliphatic carbocycles. The average molecular weight is 230 g/mol. The minimum atomic E-state index is -2.51. The molecule has 0 aliphatic heterocycles. The lowest BCUT2D eigenvalue weighted by Crippen LogP contribution is -2.28. The van der Waals surface area contributed by atoms with Crippen LogP contribution in [0, 0.1) is 11.3 Å². The summed E-state index contributed by atoms with van der Waals surface area (Å²) in [6.45, 7) is 8.01. The van der Waals surface area contributed by atoms with Crippen molar-refractivity contribution in [2.45, 2.75) is 19.4 Å². The van der Waals surface area contributed by atoms with Gasteiger partial charge in [0, 0.05) is 19.4 Å². The van der Waals surface area contributed by atoms with Crippen molar-refractivity contribution in [2.75, 3.05) is 26.0 Å². The Labute approximate surface area is 91.8 Å². The Morgan fingerprint density at radius 1 is 1.73 bits per heavy atom. The van der Waals surface area contributed by atoms with Crippen LogP contribution in [0.15, 0.2) is 12.7 Å². The van der Waals surface area contributed by atoms with Gasteiger partial charge >= 0.3 is 0 Å². The Bertz CT molecular complexity index is 273. The molecule has 0 bridgehead atoms. The largest absolute Gasteiger partial charge is 0.329 e. The molecule has 5 heteroatoms. The minimum absolute atomic E-state index is 0.281. The second-order valence-electron chi connectivity index (χ2n) is 3.32. The van der Waals surface area contributed by atoms with Crippen LogP contribution in [-0.2, 0) is 9.09 Å². The summed E-state index contributed by atoms with van der Waals surface area (Å²) in [4.78, 5) is 0. The van der Waals surface area contributed by atoms with Gasteiger partial charge in [0.25, 0.3) is 0 Å². The molecule has 0 saturated heterocycles. The second kappa shape index (κ2) is 7.64. The van der Waals surface area contributed by atoms with Crippen molar-refractivity contribution < 1.29 is 9.09 Å². The number of hydrogen-bond donors (Lipinski definition) is 1. The summed E-state index contributed by atoms with van der Waals surface area (Å²) >= 11 is 0. The van der Waals surface area contributed by atoms with Crippen LogP contribution < -0.4 is 5.32 Å². The van der Waals surface area contributed by atoms with E-state index in [1.165, 1.54) is 0 Å². The normalized spacial score (nSPS) is 16.3. The fourth-order valence-electron chi connectivity index (χ4n) is 1.14. The van der Waals surface area contributed by atoms with Gasteiger partial charge in [-0.25, -0.2) is 0 Å². The number of nitrogens with one attached hydrogen (secondary N) is 1. The standard InChI is InChI=1S/C10H19N2O2P/c1-4-7-12-10(9-11)6-8-15(3,13)14-5-2/h4,10,12H,1,5-8H2,2-3H3. The zero-order valence-corrected chi connectivity index (χ0v) is 10.3. The van der Waals surface area contributed by atoms with Gasteiger partial charge in [-0.1, -0.05) is 6.08 Å². The van der Waals surface area contributed by atoms with E-state index in [0.717, 1.165) is 0 Å². The van der Waals surface area contributed by atoms with Gasteiger partial charge in [0.2, 0.25) is 0 Å². The molecule has 0 saturated carbocycles. The Kier molecular flexibility index (Phi) is 7.33. The van der Waals surface area contributed by atoms with Gasteiger partial charge < -0.3 is 4.52 Å². The third-order valence-corrected chi connectivity index (χ3v) is 3.77. The van der Waals surface area contributed by atoms with E-state index in [4.69, 9.17) is 9.79 Å². The van der Waals surface area contributed by atoms with Crippen molar-refractivity contribution in [3.05, 3.63) is 12.7 Å². The van der Waals surface area contributed by atoms with Gasteiger partial charge in [-0.3, -0.25) is 9.88 Å². The van der Waals surface area contributed by atoms with E-state index in [0.29, 0.717) is 25.7 Å². The third kappa shape index (κ3) is 7.33. The Morgan fingerprint density at radius 2 is 2.40 bits per heavy atom. The van der Waals surface area contributed by atoms with Crippen molar-refractivity contribution >= 4 is 7.37 Å². The molecule has 0 aromatic heterocycles. The van der Waals surface area contributed by atoms with Crippen LogP contribution in [0.1, 0.15) is 13.3 Å². The summed E-state index contributed by atoms with van der Waals surface area (Å²) in [5, 5.41) is 11.8. The maximum Gasteiger partial charge on any atom is 0.200 e. The summed E-state index contributed by atoms with van der Waals surface area (Å²) in [6.07, 6.45) is 2.67. The average Bonchev–Trinajstić information content (AvgIpc) is 2.18. The molecule has 15 heavy (non-hydrogen) atoms. The molecular formula is C10H19N2O2P. The summed E-state index contributed by atoms with van der Waals surface area (Å²) in [6, 6.07) is 1.84. The van der Waals surface area contributed by atoms with Gasteiger partial charge in [0.1, 0.15) is 0 Å². The van der Waals surface area contributed by atoms with Crippen LogP contribution in [-0.4, -0.2) is 32.0 Å². The number of rotatable bonds is 8. The van der Waals surface area contributed by atoms with Crippen LogP contribution in [0.4, 0.5) is 0 Å². The van der Waals surface area contributed by atoms with E-state index in [9.17, 15) is 4.57 Å². The summed E-state index contributed by atoms with van der Waals surface area (Å²) in [5.41, 5.74) is 0. The van der Waals surface area contributed by atoms with Crippen LogP contribution in [0.5, 0.6) is 0 Å². The van der Waals surface area contributed by atoms with E-state index < -0.39 is 7.37 Å². The summed E-state index contributed by atoms with van der Waals surface area (Å²) in [7, 11) is -2.51. The zero-order valence-electron chi connectivity index (χ0n) is 9.40. The van der Waals surface area contributed by atoms with Gasteiger partial charge in [0.05, 0.1) is 18.7 Å². The summed E-state index contributed by atoms with van der Waals surface area (Å²) in [5.74, 6) is 0. The summed E-state index contributed by atoms with van der Waals surface area (Å²) < 4.78 is 16.9. The lowest BCUT2D eigenvalue weighted by molar-refractivity contribution is 0.335. The van der Waals surface area contributed by atoms with Crippen molar-refractivity contribution in [1.29, 1.82) is 5.26 Å². The zero-order chi connectivity index (χ0) is 11.7. The molecule has 0 aromatic carbocycles. The molecule has 0 aromatic rings. The minimum Gasteiger partial charge on any atom is -0.329 e. The molecule has 0 aliphatic rings. The first-order valence-corrected chi connectivity index (χ1v) is 7.26. The Morgan fingerprint density at radius 3 is 2.87 bits per heavy atom. The quantitative estimate of drug-likeness (QED) is 0.511. The van der Waals surface area contributed by atoms with Gasteiger partial charge in [0.15, 0.2) is 7.37 Å². The molecule has 0 rings (SSSR count). The predicted octanol–water partition coefficient (Wildman–Crippen LogP) is 1.99. The van der Waals surface area contributed by atoms with E-state index >= 15 is 0 Å². The van der Waals surface area contributed by atoms with Crippen LogP contribution in [0.2, 0.25) is 0 Å². The van der Waals surface area contributed by atoms with E-state index in [2.05, 4.69) is 18.0 Å². The second-order valence-corrected chi connectivity index (χ2v) is 6.06. The number of nitriles is 1. The molecule has 4 nitrogen and oxygen atoms in total. The SMILES string of the molecule is C=CCNC(C#N)CCP(C)(=O)OCC. The first-order chi connectivity index (χ1) is 7.05. The lowest BCUT2D eigenvalue weighted by atomic mass is 10.2. The molecule has 0 heterocycles. The Balaban J connectivity index is 3.95. The van der Waals surface area contributed by atoms with E-state index in [1.54, 1.807) is 12.7 Å². The maximum atomic E-state index is 11.7. The Hall–Kier alpha value is -0.620. The number of hydrogen-bond acceptors (Lipinski definition) is 4. The molecule has 0 amide bonds.